The van der Waals surface area contributed by atoms with Crippen LogP contribution in [0.2, 0.25) is 0 Å². The Labute approximate surface area is 159 Å². The average Bonchev–Trinajstić information content (AvgIpc) is 2.62. The number of fused-ring (bicyclic) bond motifs is 1. The highest BCUT2D eigenvalue weighted by molar-refractivity contribution is 5.76. The van der Waals surface area contributed by atoms with Crippen molar-refractivity contribution in [3.05, 3.63) is 35.6 Å². The predicted octanol–water partition coefficient (Wildman–Crippen LogP) is 1.46. The summed E-state index contributed by atoms with van der Waals surface area (Å²) in [7, 11) is 0. The average molecular weight is 380 g/mol. The second kappa shape index (κ2) is 9.59. The number of β-amino-alcohol motifs (C(OH)–C–C–N with tert-alkyl or cyclic N) is 1. The SMILES string of the molecule is CCNC(=O)C[C@@H]1CC[C@H]2[C@@H](COC[C@@H](O)CN2Cc2ccccc2F)O1. The lowest BCUT2D eigenvalue weighted by Crippen LogP contribution is -2.55. The first-order valence-corrected chi connectivity index (χ1v) is 9.72. The molecule has 2 N–H and O–H groups in total. The van der Waals surface area contributed by atoms with Crippen molar-refractivity contribution in [2.45, 2.75) is 57.1 Å². The monoisotopic (exact) mass is 380 g/mol. The van der Waals surface area contributed by atoms with Gasteiger partial charge in [0.1, 0.15) is 5.82 Å². The van der Waals surface area contributed by atoms with Crippen molar-refractivity contribution in [1.29, 1.82) is 0 Å². The van der Waals surface area contributed by atoms with Crippen molar-refractivity contribution in [3.8, 4) is 0 Å². The van der Waals surface area contributed by atoms with E-state index < -0.39 is 6.10 Å². The summed E-state index contributed by atoms with van der Waals surface area (Å²) in [5.74, 6) is -0.251. The molecule has 4 atom stereocenters. The number of hydrogen-bond acceptors (Lipinski definition) is 5. The number of hydrogen-bond donors (Lipinski definition) is 2. The Bertz CT molecular complexity index is 630. The number of aliphatic hydroxyl groups is 1. The number of ether oxygens (including phenoxy) is 2. The van der Waals surface area contributed by atoms with E-state index in [0.717, 1.165) is 12.8 Å². The van der Waals surface area contributed by atoms with E-state index in [2.05, 4.69) is 10.2 Å². The zero-order valence-corrected chi connectivity index (χ0v) is 15.8. The molecule has 2 aliphatic rings. The Hall–Kier alpha value is -1.54. The molecule has 2 heterocycles. The van der Waals surface area contributed by atoms with Crippen molar-refractivity contribution < 1.29 is 23.8 Å². The number of carbonyl (C=O) groups is 1. The lowest BCUT2D eigenvalue weighted by Gasteiger charge is -2.44. The molecule has 0 aromatic heterocycles. The Morgan fingerprint density at radius 2 is 2.15 bits per heavy atom. The fraction of sp³-hybridized carbons (Fsp3) is 0.650. The van der Waals surface area contributed by atoms with Crippen LogP contribution in [0.25, 0.3) is 0 Å². The molecule has 0 unspecified atom stereocenters. The van der Waals surface area contributed by atoms with Gasteiger partial charge in [-0.05, 0) is 25.8 Å². The van der Waals surface area contributed by atoms with Gasteiger partial charge in [0.05, 0.1) is 37.9 Å². The first kappa shape index (κ1) is 20.2. The number of amides is 1. The highest BCUT2D eigenvalue weighted by atomic mass is 19.1. The number of aliphatic hydroxyl groups excluding tert-OH is 1. The van der Waals surface area contributed by atoms with Crippen molar-refractivity contribution in [1.82, 2.24) is 10.2 Å². The maximum Gasteiger partial charge on any atom is 0.222 e. The predicted molar refractivity (Wildman–Crippen MR) is 98.6 cm³/mol. The van der Waals surface area contributed by atoms with Gasteiger partial charge < -0.3 is 19.9 Å². The topological polar surface area (TPSA) is 71.0 Å². The molecule has 27 heavy (non-hydrogen) atoms. The number of carbonyl (C=O) groups excluding carboxylic acids is 1. The Kier molecular flexibility index (Phi) is 7.18. The normalized spacial score (nSPS) is 29.4. The maximum atomic E-state index is 14.1. The second-order valence-electron chi connectivity index (χ2n) is 7.31. The van der Waals surface area contributed by atoms with E-state index in [4.69, 9.17) is 9.47 Å². The molecule has 2 fully saturated rings. The smallest absolute Gasteiger partial charge is 0.222 e. The molecule has 150 valence electrons. The largest absolute Gasteiger partial charge is 0.389 e. The Morgan fingerprint density at radius 1 is 1.33 bits per heavy atom. The molecule has 0 spiro atoms. The molecule has 0 radical (unpaired) electrons. The van der Waals surface area contributed by atoms with Gasteiger partial charge in [-0.15, -0.1) is 0 Å². The molecule has 1 aromatic rings. The molecule has 1 aromatic carbocycles. The van der Waals surface area contributed by atoms with Crippen LogP contribution in [0.4, 0.5) is 4.39 Å². The maximum absolute atomic E-state index is 14.1. The fourth-order valence-corrected chi connectivity index (χ4v) is 3.95. The van der Waals surface area contributed by atoms with E-state index in [1.54, 1.807) is 12.1 Å². The molecule has 0 saturated carbocycles. The highest BCUT2D eigenvalue weighted by Crippen LogP contribution is 2.29. The molecule has 2 aliphatic heterocycles. The fourth-order valence-electron chi connectivity index (χ4n) is 3.95. The van der Waals surface area contributed by atoms with Crippen molar-refractivity contribution in [2.24, 2.45) is 0 Å². The van der Waals surface area contributed by atoms with Crippen LogP contribution >= 0.6 is 0 Å². The van der Waals surface area contributed by atoms with E-state index in [1.165, 1.54) is 6.07 Å². The van der Waals surface area contributed by atoms with Gasteiger partial charge in [-0.1, -0.05) is 18.2 Å². The van der Waals surface area contributed by atoms with Gasteiger partial charge in [-0.3, -0.25) is 9.69 Å². The third-order valence-corrected chi connectivity index (χ3v) is 5.21. The minimum Gasteiger partial charge on any atom is -0.389 e. The van der Waals surface area contributed by atoms with Crippen LogP contribution in [-0.2, 0) is 20.8 Å². The molecular formula is C20H29FN2O4. The highest BCUT2D eigenvalue weighted by Gasteiger charge is 2.38. The minimum atomic E-state index is -0.620. The second-order valence-corrected chi connectivity index (χ2v) is 7.31. The van der Waals surface area contributed by atoms with Crippen molar-refractivity contribution in [2.75, 3.05) is 26.3 Å². The quantitative estimate of drug-likeness (QED) is 0.809. The zero-order valence-electron chi connectivity index (χ0n) is 15.8. The van der Waals surface area contributed by atoms with Crippen LogP contribution in [0.5, 0.6) is 0 Å². The molecule has 0 aliphatic carbocycles. The summed E-state index contributed by atoms with van der Waals surface area (Å²) in [4.78, 5) is 14.0. The van der Waals surface area contributed by atoms with Gasteiger partial charge in [0.25, 0.3) is 0 Å². The molecule has 6 nitrogen and oxygen atoms in total. The van der Waals surface area contributed by atoms with E-state index in [0.29, 0.717) is 38.2 Å². The van der Waals surface area contributed by atoms with Gasteiger partial charge >= 0.3 is 0 Å². The molecular weight excluding hydrogens is 351 g/mol. The number of nitrogens with one attached hydrogen (secondary N) is 1. The van der Waals surface area contributed by atoms with Crippen molar-refractivity contribution >= 4 is 5.91 Å². The summed E-state index contributed by atoms with van der Waals surface area (Å²) in [6.07, 6.45) is 0.957. The van der Waals surface area contributed by atoms with Gasteiger partial charge in [0, 0.05) is 31.2 Å². The number of nitrogens with zero attached hydrogens (tertiary/aromatic N) is 1. The van der Waals surface area contributed by atoms with Gasteiger partial charge in [0.2, 0.25) is 5.91 Å². The third kappa shape index (κ3) is 5.48. The lowest BCUT2D eigenvalue weighted by atomic mass is 9.94. The van der Waals surface area contributed by atoms with Gasteiger partial charge in [-0.25, -0.2) is 4.39 Å². The van der Waals surface area contributed by atoms with E-state index in [1.807, 2.05) is 13.0 Å². The van der Waals surface area contributed by atoms with Crippen LogP contribution < -0.4 is 5.32 Å². The van der Waals surface area contributed by atoms with Crippen LogP contribution in [0.3, 0.4) is 0 Å². The van der Waals surface area contributed by atoms with Crippen LogP contribution in [0, 0.1) is 5.82 Å². The van der Waals surface area contributed by atoms with E-state index in [9.17, 15) is 14.3 Å². The Balaban J connectivity index is 1.70. The summed E-state index contributed by atoms with van der Waals surface area (Å²) < 4.78 is 25.9. The van der Waals surface area contributed by atoms with Crippen LogP contribution in [0.15, 0.2) is 24.3 Å². The number of benzene rings is 1. The van der Waals surface area contributed by atoms with Crippen molar-refractivity contribution in [3.63, 3.8) is 0 Å². The van der Waals surface area contributed by atoms with Crippen LogP contribution in [0.1, 0.15) is 31.7 Å². The summed E-state index contributed by atoms with van der Waals surface area (Å²) in [6.45, 7) is 3.90. The van der Waals surface area contributed by atoms with E-state index in [-0.39, 0.29) is 36.6 Å². The van der Waals surface area contributed by atoms with Gasteiger partial charge in [0.15, 0.2) is 0 Å². The summed E-state index contributed by atoms with van der Waals surface area (Å²) >= 11 is 0. The summed E-state index contributed by atoms with van der Waals surface area (Å²) in [6, 6.07) is 6.74. The first-order valence-electron chi connectivity index (χ1n) is 9.72. The Morgan fingerprint density at radius 3 is 2.93 bits per heavy atom. The molecule has 1 amide bonds. The summed E-state index contributed by atoms with van der Waals surface area (Å²) in [5.41, 5.74) is 0.606. The van der Waals surface area contributed by atoms with Gasteiger partial charge in [-0.2, -0.15) is 0 Å². The minimum absolute atomic E-state index is 0.00801. The summed E-state index contributed by atoms with van der Waals surface area (Å²) in [5, 5.41) is 13.0. The lowest BCUT2D eigenvalue weighted by molar-refractivity contribution is -0.158. The van der Waals surface area contributed by atoms with Crippen LogP contribution in [-0.4, -0.2) is 66.6 Å². The molecule has 7 heteroatoms. The standard InChI is InChI=1S/C20H29FN2O4/c1-2-22-20(25)9-16-7-8-18-19(27-16)13-26-12-15(24)11-23(18)10-14-5-3-4-6-17(14)21/h3-6,15-16,18-19,24H,2,7-13H2,1H3,(H,22,25)/t15-,16-,18-,19+/m0/s1. The molecule has 0 bridgehead atoms. The zero-order chi connectivity index (χ0) is 19.2. The number of halogens is 1. The molecule has 3 rings (SSSR count). The number of rotatable bonds is 5. The van der Waals surface area contributed by atoms with E-state index >= 15 is 0 Å². The third-order valence-electron chi connectivity index (χ3n) is 5.21. The first-order chi connectivity index (χ1) is 13.1. The molecule has 2 saturated heterocycles.